The Morgan fingerprint density at radius 1 is 1.11 bits per heavy atom. The largest absolute Gasteiger partial charge is 0.493 e. The molecule has 0 aliphatic heterocycles. The van der Waals surface area contributed by atoms with Crippen molar-refractivity contribution in [1.29, 1.82) is 0 Å². The molecule has 1 aromatic carbocycles. The molecule has 0 fully saturated rings. The van der Waals surface area contributed by atoms with Crippen LogP contribution in [0.1, 0.15) is 64.5 Å². The van der Waals surface area contributed by atoms with Crippen LogP contribution in [0.15, 0.2) is 27.9 Å². The molecule has 1 rings (SSSR count). The summed E-state index contributed by atoms with van der Waals surface area (Å²) >= 11 is 11.3. The molecule has 152 valence electrons. The van der Waals surface area contributed by atoms with E-state index in [1.807, 2.05) is 26.0 Å². The second-order valence-corrected chi connectivity index (χ2v) is 7.75. The third-order valence-corrected chi connectivity index (χ3v) is 4.09. The van der Waals surface area contributed by atoms with Crippen molar-refractivity contribution in [3.05, 3.63) is 33.8 Å². The lowest BCUT2D eigenvalue weighted by Crippen LogP contribution is -2.06. The van der Waals surface area contributed by atoms with E-state index in [1.165, 1.54) is 0 Å². The smallest absolute Gasteiger partial charge is 0.126 e. The molecule has 6 heteroatoms. The Kier molecular flexibility index (Phi) is 11.3. The summed E-state index contributed by atoms with van der Waals surface area (Å²) in [6.07, 6.45) is 4.31. The molecule has 27 heavy (non-hydrogen) atoms. The van der Waals surface area contributed by atoms with E-state index in [9.17, 15) is 0 Å². The Labute approximate surface area is 173 Å². The van der Waals surface area contributed by atoms with Crippen LogP contribution >= 0.6 is 23.2 Å². The highest BCUT2D eigenvalue weighted by molar-refractivity contribution is 6.55. The van der Waals surface area contributed by atoms with Crippen molar-refractivity contribution in [3.8, 4) is 11.5 Å². The highest BCUT2D eigenvalue weighted by atomic mass is 35.5. The van der Waals surface area contributed by atoms with Gasteiger partial charge in [-0.2, -0.15) is 0 Å². The van der Waals surface area contributed by atoms with Gasteiger partial charge in [0.1, 0.15) is 29.2 Å². The quantitative estimate of drug-likeness (QED) is 0.218. The van der Waals surface area contributed by atoms with Crippen LogP contribution in [0, 0.1) is 0 Å². The van der Waals surface area contributed by atoms with Crippen LogP contribution < -0.4 is 9.47 Å². The van der Waals surface area contributed by atoms with Crippen molar-refractivity contribution in [2.75, 3.05) is 19.8 Å². The molecule has 0 heterocycles. The summed E-state index contributed by atoms with van der Waals surface area (Å²) in [5.74, 6) is 2.09. The Morgan fingerprint density at radius 3 is 2.41 bits per heavy atom. The standard InChI is InChI=1S/C21H31Cl2NO3/c1-6-17-13-18(25-12-9-20(22)23)14-19(15(2)3)21(17)26-10-7-8-11-27-24-16(4)5/h9,13-15H,6-8,10-12H2,1-5H3. The predicted octanol–water partition coefficient (Wildman–Crippen LogP) is 6.64. The van der Waals surface area contributed by atoms with E-state index < -0.39 is 0 Å². The summed E-state index contributed by atoms with van der Waals surface area (Å²) in [4.78, 5) is 5.22. The molecule has 0 saturated carbocycles. The van der Waals surface area contributed by atoms with Crippen LogP contribution in [0.3, 0.4) is 0 Å². The average Bonchev–Trinajstić information content (AvgIpc) is 2.60. The fraction of sp³-hybridized carbons (Fsp3) is 0.571. The molecule has 1 aromatic rings. The second kappa shape index (κ2) is 12.9. The first-order chi connectivity index (χ1) is 12.8. The van der Waals surface area contributed by atoms with E-state index in [2.05, 4.69) is 25.9 Å². The van der Waals surface area contributed by atoms with Crippen LogP contribution in [0.25, 0.3) is 0 Å². The molecule has 0 bridgehead atoms. The van der Waals surface area contributed by atoms with Crippen molar-refractivity contribution in [3.63, 3.8) is 0 Å². The molecule has 4 nitrogen and oxygen atoms in total. The number of halogens is 2. The minimum atomic E-state index is 0.207. The fourth-order valence-corrected chi connectivity index (χ4v) is 2.58. The first-order valence-electron chi connectivity index (χ1n) is 9.41. The Hall–Kier alpha value is -1.39. The van der Waals surface area contributed by atoms with Gasteiger partial charge in [-0.05, 0) is 62.8 Å². The first-order valence-corrected chi connectivity index (χ1v) is 10.2. The maximum atomic E-state index is 6.14. The van der Waals surface area contributed by atoms with Gasteiger partial charge in [0.2, 0.25) is 0 Å². The lowest BCUT2D eigenvalue weighted by atomic mass is 9.97. The number of unbranched alkanes of at least 4 members (excludes halogenated alkanes) is 1. The molecule has 0 aromatic heterocycles. The number of hydrogen-bond acceptors (Lipinski definition) is 4. The molecule has 0 unspecified atom stereocenters. The number of rotatable bonds is 12. The molecular weight excluding hydrogens is 385 g/mol. The van der Waals surface area contributed by atoms with Crippen LogP contribution in [0.2, 0.25) is 0 Å². The van der Waals surface area contributed by atoms with E-state index in [1.54, 1.807) is 6.08 Å². The summed E-state index contributed by atoms with van der Waals surface area (Å²) in [6, 6.07) is 4.07. The van der Waals surface area contributed by atoms with Crippen molar-refractivity contribution >= 4 is 28.9 Å². The molecular formula is C21H31Cl2NO3. The number of nitrogens with zero attached hydrogens (tertiary/aromatic N) is 1. The molecule has 0 N–H and O–H groups in total. The van der Waals surface area contributed by atoms with Crippen LogP contribution in [-0.2, 0) is 11.3 Å². The van der Waals surface area contributed by atoms with Gasteiger partial charge in [0.05, 0.1) is 12.3 Å². The van der Waals surface area contributed by atoms with Crippen LogP contribution in [0.4, 0.5) is 0 Å². The van der Waals surface area contributed by atoms with Crippen LogP contribution in [-0.4, -0.2) is 25.5 Å². The highest BCUT2D eigenvalue weighted by Crippen LogP contribution is 2.35. The van der Waals surface area contributed by atoms with Gasteiger partial charge in [-0.25, -0.2) is 0 Å². The zero-order valence-corrected chi connectivity index (χ0v) is 18.5. The van der Waals surface area contributed by atoms with Gasteiger partial charge < -0.3 is 14.3 Å². The third kappa shape index (κ3) is 9.39. The Balaban J connectivity index is 2.73. The second-order valence-electron chi connectivity index (χ2n) is 6.74. The topological polar surface area (TPSA) is 40.0 Å². The zero-order chi connectivity index (χ0) is 20.2. The number of aryl methyl sites for hydroxylation is 1. The van der Waals surface area contributed by atoms with E-state index >= 15 is 0 Å². The lowest BCUT2D eigenvalue weighted by molar-refractivity contribution is 0.135. The minimum Gasteiger partial charge on any atom is -0.493 e. The van der Waals surface area contributed by atoms with Crippen molar-refractivity contribution in [2.45, 2.75) is 59.8 Å². The summed E-state index contributed by atoms with van der Waals surface area (Å²) in [5, 5.41) is 3.93. The molecule has 0 radical (unpaired) electrons. The number of hydrogen-bond donors (Lipinski definition) is 0. The molecule has 0 spiro atoms. The van der Waals surface area contributed by atoms with Gasteiger partial charge in [0.25, 0.3) is 0 Å². The van der Waals surface area contributed by atoms with Gasteiger partial charge >= 0.3 is 0 Å². The highest BCUT2D eigenvalue weighted by Gasteiger charge is 2.15. The average molecular weight is 416 g/mol. The molecule has 0 amide bonds. The number of ether oxygens (including phenoxy) is 2. The molecule has 0 atom stereocenters. The normalized spacial score (nSPS) is 10.5. The van der Waals surface area contributed by atoms with Crippen molar-refractivity contribution in [2.24, 2.45) is 5.16 Å². The Morgan fingerprint density at radius 2 is 1.81 bits per heavy atom. The van der Waals surface area contributed by atoms with Crippen molar-refractivity contribution in [1.82, 2.24) is 0 Å². The SMILES string of the molecule is CCc1cc(OCC=C(Cl)Cl)cc(C(C)C)c1OCCCCON=C(C)C. The minimum absolute atomic E-state index is 0.207. The van der Waals surface area contributed by atoms with Gasteiger partial charge in [0, 0.05) is 5.56 Å². The number of oxime groups is 1. The van der Waals surface area contributed by atoms with E-state index in [0.29, 0.717) is 25.7 Å². The fourth-order valence-electron chi connectivity index (χ4n) is 2.45. The number of benzene rings is 1. The maximum Gasteiger partial charge on any atom is 0.126 e. The summed E-state index contributed by atoms with van der Waals surface area (Å²) in [5.41, 5.74) is 3.21. The van der Waals surface area contributed by atoms with E-state index in [-0.39, 0.29) is 4.49 Å². The first kappa shape index (κ1) is 23.6. The Bertz CT molecular complexity index is 635. The third-order valence-electron chi connectivity index (χ3n) is 3.78. The van der Waals surface area contributed by atoms with Crippen LogP contribution in [0.5, 0.6) is 11.5 Å². The zero-order valence-electron chi connectivity index (χ0n) is 17.0. The maximum absolute atomic E-state index is 6.14. The van der Waals surface area contributed by atoms with E-state index in [4.69, 9.17) is 37.5 Å². The summed E-state index contributed by atoms with van der Waals surface area (Å²) in [7, 11) is 0. The van der Waals surface area contributed by atoms with E-state index in [0.717, 1.165) is 47.6 Å². The predicted molar refractivity (Wildman–Crippen MR) is 115 cm³/mol. The van der Waals surface area contributed by atoms with Gasteiger partial charge in [0.15, 0.2) is 0 Å². The summed E-state index contributed by atoms with van der Waals surface area (Å²) in [6.45, 7) is 11.8. The van der Waals surface area contributed by atoms with Gasteiger partial charge in [-0.1, -0.05) is 49.1 Å². The molecule has 0 aliphatic carbocycles. The van der Waals surface area contributed by atoms with Gasteiger partial charge in [-0.15, -0.1) is 0 Å². The lowest BCUT2D eigenvalue weighted by Gasteiger charge is -2.19. The molecule has 0 saturated heterocycles. The molecule has 0 aliphatic rings. The monoisotopic (exact) mass is 415 g/mol. The summed E-state index contributed by atoms with van der Waals surface area (Å²) < 4.78 is 12.1. The van der Waals surface area contributed by atoms with Crippen molar-refractivity contribution < 1.29 is 14.3 Å². The van der Waals surface area contributed by atoms with Gasteiger partial charge in [-0.3, -0.25) is 0 Å².